The van der Waals surface area contributed by atoms with Crippen LogP contribution in [0.1, 0.15) is 52.5 Å². The molecule has 0 spiro atoms. The number of hydrogen-bond donors (Lipinski definition) is 1. The third kappa shape index (κ3) is 3.62. The Hall–Kier alpha value is -0.410. The number of benzene rings is 1. The van der Waals surface area contributed by atoms with Crippen molar-refractivity contribution in [2.75, 3.05) is 0 Å². The summed E-state index contributed by atoms with van der Waals surface area (Å²) < 4.78 is 14.1. The van der Waals surface area contributed by atoms with Crippen LogP contribution in [0.4, 0.5) is 4.39 Å². The van der Waals surface area contributed by atoms with Gasteiger partial charge in [0.1, 0.15) is 5.82 Å². The second kappa shape index (κ2) is 5.10. The maximum Gasteiger partial charge on any atom is 0.137 e. The van der Waals surface area contributed by atoms with E-state index in [4.69, 9.17) is 0 Å². The number of aliphatic hydroxyl groups is 1. The summed E-state index contributed by atoms with van der Waals surface area (Å²) in [4.78, 5) is 0. The molecule has 0 amide bonds. The van der Waals surface area contributed by atoms with E-state index in [2.05, 4.69) is 43.6 Å². The highest BCUT2D eigenvalue weighted by Crippen LogP contribution is 2.51. The van der Waals surface area contributed by atoms with Gasteiger partial charge >= 0.3 is 0 Å². The number of hydrogen-bond acceptors (Lipinski definition) is 1. The van der Waals surface area contributed by atoms with Gasteiger partial charge in [-0.15, -0.1) is 0 Å². The summed E-state index contributed by atoms with van der Waals surface area (Å²) in [7, 11) is 0. The molecule has 3 heteroatoms. The lowest BCUT2D eigenvalue weighted by Crippen LogP contribution is -2.47. The van der Waals surface area contributed by atoms with E-state index in [0.29, 0.717) is 10.9 Å². The Morgan fingerprint density at radius 1 is 1.10 bits per heavy atom. The van der Waals surface area contributed by atoms with Crippen molar-refractivity contribution in [1.29, 1.82) is 0 Å². The molecule has 0 unspecified atom stereocenters. The number of rotatable bonds is 2. The summed E-state index contributed by atoms with van der Waals surface area (Å²) >= 11 is 3.30. The minimum absolute atomic E-state index is 0.107. The first-order valence-electron chi connectivity index (χ1n) is 7.17. The molecule has 112 valence electrons. The molecule has 2 rings (SSSR count). The zero-order valence-corrected chi connectivity index (χ0v) is 14.3. The van der Waals surface area contributed by atoms with Gasteiger partial charge in [0.15, 0.2) is 0 Å². The van der Waals surface area contributed by atoms with Crippen LogP contribution in [-0.4, -0.2) is 10.7 Å². The maximum atomic E-state index is 13.6. The molecule has 20 heavy (non-hydrogen) atoms. The molecule has 1 aliphatic carbocycles. The van der Waals surface area contributed by atoms with Crippen LogP contribution in [0, 0.1) is 16.6 Å². The quantitative estimate of drug-likeness (QED) is 0.792. The molecule has 1 aromatic carbocycles. The molecule has 1 aromatic rings. The molecule has 1 nitrogen and oxygen atoms in total. The summed E-state index contributed by atoms with van der Waals surface area (Å²) in [6.45, 7) is 8.83. The van der Waals surface area contributed by atoms with E-state index in [-0.39, 0.29) is 16.6 Å². The van der Waals surface area contributed by atoms with Crippen molar-refractivity contribution in [3.8, 4) is 0 Å². The van der Waals surface area contributed by atoms with E-state index in [1.165, 1.54) is 6.07 Å². The Morgan fingerprint density at radius 2 is 1.65 bits per heavy atom. The molecular weight excluding hydrogens is 319 g/mol. The smallest absolute Gasteiger partial charge is 0.137 e. The first-order valence-corrected chi connectivity index (χ1v) is 7.97. The van der Waals surface area contributed by atoms with Gasteiger partial charge in [0.25, 0.3) is 0 Å². The largest absolute Gasteiger partial charge is 0.390 e. The van der Waals surface area contributed by atoms with Crippen LogP contribution in [0.5, 0.6) is 0 Å². The van der Waals surface area contributed by atoms with Crippen molar-refractivity contribution in [3.63, 3.8) is 0 Å². The second-order valence-electron chi connectivity index (χ2n) is 7.97. The number of halogens is 2. The molecule has 0 saturated heterocycles. The lowest BCUT2D eigenvalue weighted by molar-refractivity contribution is -0.0852. The summed E-state index contributed by atoms with van der Waals surface area (Å²) in [5.74, 6) is -0.263. The van der Waals surface area contributed by atoms with E-state index >= 15 is 0 Å². The van der Waals surface area contributed by atoms with Gasteiger partial charge < -0.3 is 5.11 Å². The van der Waals surface area contributed by atoms with Crippen LogP contribution in [0.2, 0.25) is 0 Å². The zero-order chi connectivity index (χ0) is 15.2. The van der Waals surface area contributed by atoms with Gasteiger partial charge in [0.05, 0.1) is 10.1 Å². The molecule has 0 heterocycles. The van der Waals surface area contributed by atoms with Crippen molar-refractivity contribution in [1.82, 2.24) is 0 Å². The van der Waals surface area contributed by atoms with Crippen molar-refractivity contribution in [3.05, 3.63) is 34.1 Å². The minimum Gasteiger partial charge on any atom is -0.390 e. The van der Waals surface area contributed by atoms with Gasteiger partial charge in [0, 0.05) is 6.42 Å². The third-order valence-electron chi connectivity index (χ3n) is 4.12. The van der Waals surface area contributed by atoms with Gasteiger partial charge in [-0.25, -0.2) is 4.39 Å². The summed E-state index contributed by atoms with van der Waals surface area (Å²) in [6, 6.07) is 5.03. The highest BCUT2D eigenvalue weighted by molar-refractivity contribution is 9.10. The fraction of sp³-hybridized carbons (Fsp3) is 0.647. The van der Waals surface area contributed by atoms with Crippen LogP contribution in [-0.2, 0) is 6.42 Å². The van der Waals surface area contributed by atoms with Crippen molar-refractivity contribution in [2.24, 2.45) is 10.8 Å². The standard InChI is InChI=1S/C17H24BrFO/c1-15(2)9-16(3,4)11-17(20,10-15)8-12-6-5-7-13(19)14(12)18/h5-7,20H,8-11H2,1-4H3. The Kier molecular flexibility index (Phi) is 4.07. The van der Waals surface area contributed by atoms with Gasteiger partial charge in [0.2, 0.25) is 0 Å². The predicted molar refractivity (Wildman–Crippen MR) is 84.2 cm³/mol. The van der Waals surface area contributed by atoms with Crippen LogP contribution < -0.4 is 0 Å². The Balaban J connectivity index is 2.29. The summed E-state index contributed by atoms with van der Waals surface area (Å²) in [6.07, 6.45) is 3.11. The monoisotopic (exact) mass is 342 g/mol. The van der Waals surface area contributed by atoms with Crippen LogP contribution >= 0.6 is 15.9 Å². The lowest BCUT2D eigenvalue weighted by atomic mass is 9.58. The SMILES string of the molecule is CC1(C)CC(C)(C)CC(O)(Cc2cccc(F)c2Br)C1. The highest BCUT2D eigenvalue weighted by Gasteiger charge is 2.46. The van der Waals surface area contributed by atoms with E-state index in [0.717, 1.165) is 24.8 Å². The highest BCUT2D eigenvalue weighted by atomic mass is 79.9. The normalized spacial score (nSPS) is 23.6. The van der Waals surface area contributed by atoms with Gasteiger partial charge in [-0.2, -0.15) is 0 Å². The lowest BCUT2D eigenvalue weighted by Gasteiger charge is -2.49. The second-order valence-corrected chi connectivity index (χ2v) is 8.77. The predicted octanol–water partition coefficient (Wildman–Crippen LogP) is 5.10. The fourth-order valence-corrected chi connectivity index (χ4v) is 4.83. The molecule has 0 radical (unpaired) electrons. The van der Waals surface area contributed by atoms with Crippen LogP contribution in [0.15, 0.2) is 22.7 Å². The Labute approximate surface area is 129 Å². The Bertz CT molecular complexity index is 492. The molecule has 1 N–H and O–H groups in total. The summed E-state index contributed by atoms with van der Waals surface area (Å²) in [5.41, 5.74) is 0.301. The van der Waals surface area contributed by atoms with Crippen molar-refractivity contribution in [2.45, 2.75) is 59.0 Å². The molecule has 0 atom stereocenters. The average molecular weight is 343 g/mol. The topological polar surface area (TPSA) is 20.2 Å². The first kappa shape index (κ1) is 16.0. The van der Waals surface area contributed by atoms with E-state index in [1.54, 1.807) is 6.07 Å². The van der Waals surface area contributed by atoms with Gasteiger partial charge in [-0.1, -0.05) is 39.8 Å². The average Bonchev–Trinajstić information content (AvgIpc) is 2.19. The molecule has 1 aliphatic rings. The molecule has 0 aliphatic heterocycles. The zero-order valence-electron chi connectivity index (χ0n) is 12.8. The van der Waals surface area contributed by atoms with Crippen LogP contribution in [0.3, 0.4) is 0 Å². The molecule has 1 fully saturated rings. The molecule has 0 aromatic heterocycles. The van der Waals surface area contributed by atoms with E-state index in [9.17, 15) is 9.50 Å². The Morgan fingerprint density at radius 3 is 2.20 bits per heavy atom. The molecule has 0 bridgehead atoms. The van der Waals surface area contributed by atoms with Gasteiger partial charge in [-0.05, 0) is 57.7 Å². The van der Waals surface area contributed by atoms with Crippen LogP contribution in [0.25, 0.3) is 0 Å². The van der Waals surface area contributed by atoms with E-state index < -0.39 is 5.60 Å². The minimum atomic E-state index is -0.762. The van der Waals surface area contributed by atoms with Crippen molar-refractivity contribution < 1.29 is 9.50 Å². The maximum absolute atomic E-state index is 13.6. The summed E-state index contributed by atoms with van der Waals surface area (Å²) in [5, 5.41) is 11.1. The molecule has 1 saturated carbocycles. The molecular formula is C17H24BrFO. The van der Waals surface area contributed by atoms with Gasteiger partial charge in [-0.3, -0.25) is 0 Å². The van der Waals surface area contributed by atoms with Crippen molar-refractivity contribution >= 4 is 15.9 Å². The first-order chi connectivity index (χ1) is 9.02. The third-order valence-corrected chi connectivity index (χ3v) is 5.01. The fourth-order valence-electron chi connectivity index (χ4n) is 4.43. The van der Waals surface area contributed by atoms with E-state index in [1.807, 2.05) is 6.07 Å².